The summed E-state index contributed by atoms with van der Waals surface area (Å²) in [5.41, 5.74) is 2.48. The lowest BCUT2D eigenvalue weighted by molar-refractivity contribution is -0.143. The fourth-order valence-electron chi connectivity index (χ4n) is 4.01. The molecule has 0 aliphatic rings. The van der Waals surface area contributed by atoms with Gasteiger partial charge < -0.3 is 20.5 Å². The Morgan fingerprint density at radius 2 is 1.62 bits per heavy atom. The molecule has 1 heterocycles. The molecule has 0 saturated heterocycles. The Morgan fingerprint density at radius 1 is 1.03 bits per heavy atom. The highest BCUT2D eigenvalue weighted by Crippen LogP contribution is 2.36. The van der Waals surface area contributed by atoms with Gasteiger partial charge >= 0.3 is 12.4 Å². The second kappa shape index (κ2) is 11.2. The molecule has 0 spiro atoms. The Labute approximate surface area is 218 Å². The number of amides is 3. The summed E-state index contributed by atoms with van der Waals surface area (Å²) in [6.07, 6.45) is -6.15. The predicted molar refractivity (Wildman–Crippen MR) is 130 cm³/mol. The number of hydrogen-bond donors (Lipinski definition) is 2. The molecule has 39 heavy (non-hydrogen) atoms. The van der Waals surface area contributed by atoms with Crippen molar-refractivity contribution in [2.24, 2.45) is 12.8 Å². The number of aryl methyl sites for hydroxylation is 1. The topological polar surface area (TPSA) is 97.4 Å². The van der Waals surface area contributed by atoms with Crippen LogP contribution in [0.5, 0.6) is 0 Å². The summed E-state index contributed by atoms with van der Waals surface area (Å²) in [6.45, 7) is -0.462. The van der Waals surface area contributed by atoms with E-state index in [-0.39, 0.29) is 12.5 Å². The number of nitrogens with zero attached hydrogens (tertiary/aromatic N) is 2. The van der Waals surface area contributed by atoms with Crippen LogP contribution in [0, 0.1) is 0 Å². The highest BCUT2D eigenvalue weighted by atomic mass is 19.4. The SMILES string of the molecule is CN(C(=O)c1cc(C(F)(F)F)cc(C(F)(F)F)c1)C(C=CC(=O)NCC(N)=O)Cc1cn(C)c2ccccc12. The van der Waals surface area contributed by atoms with Gasteiger partial charge in [0.05, 0.1) is 23.7 Å². The van der Waals surface area contributed by atoms with E-state index in [4.69, 9.17) is 5.73 Å². The van der Waals surface area contributed by atoms with Crippen LogP contribution >= 0.6 is 0 Å². The van der Waals surface area contributed by atoms with Gasteiger partial charge in [0.2, 0.25) is 11.8 Å². The van der Waals surface area contributed by atoms with Crippen LogP contribution in [-0.2, 0) is 35.4 Å². The maximum absolute atomic E-state index is 13.4. The molecule has 3 N–H and O–H groups in total. The first-order valence-corrected chi connectivity index (χ1v) is 11.4. The molecule has 7 nitrogen and oxygen atoms in total. The zero-order chi connectivity index (χ0) is 29.1. The zero-order valence-electron chi connectivity index (χ0n) is 20.7. The summed E-state index contributed by atoms with van der Waals surface area (Å²) in [5.74, 6) is -2.67. The zero-order valence-corrected chi connectivity index (χ0v) is 20.7. The molecule has 1 unspecified atom stereocenters. The summed E-state index contributed by atoms with van der Waals surface area (Å²) in [7, 11) is 2.99. The van der Waals surface area contributed by atoms with Crippen LogP contribution in [0.2, 0.25) is 0 Å². The monoisotopic (exact) mass is 554 g/mol. The molecule has 0 aliphatic heterocycles. The van der Waals surface area contributed by atoms with E-state index >= 15 is 0 Å². The Bertz CT molecular complexity index is 1390. The van der Waals surface area contributed by atoms with Gasteiger partial charge in [0.25, 0.3) is 5.91 Å². The number of nitrogens with two attached hydrogens (primary N) is 1. The maximum Gasteiger partial charge on any atom is 0.416 e. The van der Waals surface area contributed by atoms with Crippen LogP contribution in [0.3, 0.4) is 0 Å². The van der Waals surface area contributed by atoms with Crippen LogP contribution in [0.25, 0.3) is 10.9 Å². The number of para-hydroxylation sites is 1. The van der Waals surface area contributed by atoms with Crippen LogP contribution in [0.15, 0.2) is 60.8 Å². The fourth-order valence-corrected chi connectivity index (χ4v) is 4.01. The van der Waals surface area contributed by atoms with E-state index < -0.39 is 59.4 Å². The van der Waals surface area contributed by atoms with Gasteiger partial charge in [-0.15, -0.1) is 0 Å². The molecule has 2 aromatic carbocycles. The number of aromatic nitrogens is 1. The number of alkyl halides is 6. The largest absolute Gasteiger partial charge is 0.416 e. The van der Waals surface area contributed by atoms with E-state index in [0.29, 0.717) is 17.7 Å². The van der Waals surface area contributed by atoms with Crippen molar-refractivity contribution in [3.8, 4) is 0 Å². The second-order valence-electron chi connectivity index (χ2n) is 8.81. The minimum atomic E-state index is -5.13. The molecule has 3 aromatic rings. The van der Waals surface area contributed by atoms with Crippen LogP contribution in [-0.4, -0.2) is 46.8 Å². The third-order valence-electron chi connectivity index (χ3n) is 5.97. The van der Waals surface area contributed by atoms with Gasteiger partial charge in [0.15, 0.2) is 0 Å². The lowest BCUT2D eigenvalue weighted by Gasteiger charge is -2.27. The van der Waals surface area contributed by atoms with E-state index in [1.807, 2.05) is 22.8 Å². The number of hydrogen-bond acceptors (Lipinski definition) is 3. The summed E-state index contributed by atoms with van der Waals surface area (Å²) in [5, 5.41) is 3.03. The molecule has 0 radical (unpaired) electrons. The number of carbonyl (C=O) groups excluding carboxylic acids is 3. The van der Waals surface area contributed by atoms with E-state index in [9.17, 15) is 40.7 Å². The van der Waals surface area contributed by atoms with Gasteiger partial charge in [-0.05, 0) is 36.2 Å². The number of fused-ring (bicyclic) bond motifs is 1. The lowest BCUT2D eigenvalue weighted by Crippen LogP contribution is -2.38. The van der Waals surface area contributed by atoms with Crippen molar-refractivity contribution in [2.75, 3.05) is 13.6 Å². The molecule has 3 rings (SSSR count). The number of benzene rings is 2. The summed E-state index contributed by atoms with van der Waals surface area (Å²) in [4.78, 5) is 37.3. The molecule has 0 bridgehead atoms. The number of rotatable bonds is 8. The minimum absolute atomic E-state index is 0.0622. The second-order valence-corrected chi connectivity index (χ2v) is 8.81. The summed E-state index contributed by atoms with van der Waals surface area (Å²) >= 11 is 0. The number of carbonyl (C=O) groups is 3. The number of nitrogens with one attached hydrogen (secondary N) is 1. The lowest BCUT2D eigenvalue weighted by atomic mass is 10.0. The van der Waals surface area contributed by atoms with Gasteiger partial charge in [-0.25, -0.2) is 0 Å². The average Bonchev–Trinajstić information content (AvgIpc) is 3.18. The number of likely N-dealkylation sites (N-methyl/N-ethyl adjacent to an activating group) is 1. The molecule has 13 heteroatoms. The van der Waals surface area contributed by atoms with Gasteiger partial charge in [0.1, 0.15) is 0 Å². The molecular weight excluding hydrogens is 530 g/mol. The van der Waals surface area contributed by atoms with Gasteiger partial charge in [-0.3, -0.25) is 14.4 Å². The Morgan fingerprint density at radius 3 is 2.18 bits per heavy atom. The summed E-state index contributed by atoms with van der Waals surface area (Å²) in [6, 6.07) is 6.92. The third kappa shape index (κ3) is 7.18. The van der Waals surface area contributed by atoms with E-state index in [2.05, 4.69) is 5.32 Å². The quantitative estimate of drug-likeness (QED) is 0.325. The standard InChI is InChI=1S/C26H24F6N4O3/c1-35-14-16(20-5-3-4-6-21(20)35)11-19(7-8-23(38)34-13-22(33)37)36(2)24(39)15-9-17(25(27,28)29)12-18(10-15)26(30,31)32/h3-10,12,14,19H,11,13H2,1-2H3,(H2,33,37)(H,34,38). The Balaban J connectivity index is 2.02. The highest BCUT2D eigenvalue weighted by Gasteiger charge is 2.38. The first kappa shape index (κ1) is 29.3. The fraction of sp³-hybridized carbons (Fsp3) is 0.269. The molecule has 3 amide bonds. The minimum Gasteiger partial charge on any atom is -0.368 e. The van der Waals surface area contributed by atoms with Crippen LogP contribution < -0.4 is 11.1 Å². The molecule has 0 saturated carbocycles. The molecule has 0 aliphatic carbocycles. The predicted octanol–water partition coefficient (Wildman–Crippen LogP) is 4.06. The van der Waals surface area contributed by atoms with Crippen molar-refractivity contribution >= 4 is 28.6 Å². The first-order chi connectivity index (χ1) is 18.1. The summed E-state index contributed by atoms with van der Waals surface area (Å²) < 4.78 is 81.9. The van der Waals surface area contributed by atoms with Gasteiger partial charge in [0, 0.05) is 42.8 Å². The average molecular weight is 554 g/mol. The number of halogens is 6. The van der Waals surface area contributed by atoms with Crippen LogP contribution in [0.1, 0.15) is 27.0 Å². The van der Waals surface area contributed by atoms with E-state index in [0.717, 1.165) is 21.9 Å². The Hall–Kier alpha value is -4.29. The molecular formula is C26H24F6N4O3. The highest BCUT2D eigenvalue weighted by molar-refractivity contribution is 5.95. The van der Waals surface area contributed by atoms with Gasteiger partial charge in [-0.1, -0.05) is 24.3 Å². The van der Waals surface area contributed by atoms with Crippen molar-refractivity contribution in [3.63, 3.8) is 0 Å². The van der Waals surface area contributed by atoms with Gasteiger partial charge in [-0.2, -0.15) is 26.3 Å². The van der Waals surface area contributed by atoms with Crippen molar-refractivity contribution in [3.05, 3.63) is 83.1 Å². The van der Waals surface area contributed by atoms with Crippen molar-refractivity contribution in [1.82, 2.24) is 14.8 Å². The van der Waals surface area contributed by atoms with Crippen LogP contribution in [0.4, 0.5) is 26.3 Å². The smallest absolute Gasteiger partial charge is 0.368 e. The van der Waals surface area contributed by atoms with Crippen molar-refractivity contribution in [2.45, 2.75) is 24.8 Å². The molecule has 208 valence electrons. The van der Waals surface area contributed by atoms with E-state index in [1.54, 1.807) is 19.3 Å². The normalized spacial score (nSPS) is 13.0. The Kier molecular flexibility index (Phi) is 8.42. The van der Waals surface area contributed by atoms with E-state index in [1.165, 1.54) is 13.1 Å². The number of primary amides is 1. The maximum atomic E-state index is 13.4. The third-order valence-corrected chi connectivity index (χ3v) is 5.97. The molecule has 1 aromatic heterocycles. The molecule has 1 atom stereocenters. The first-order valence-electron chi connectivity index (χ1n) is 11.4. The molecule has 0 fully saturated rings. The van der Waals surface area contributed by atoms with Crippen molar-refractivity contribution < 1.29 is 40.7 Å². The van der Waals surface area contributed by atoms with Crippen molar-refractivity contribution in [1.29, 1.82) is 0 Å².